The first-order valence-electron chi connectivity index (χ1n) is 6.24. The predicted octanol–water partition coefficient (Wildman–Crippen LogP) is 1.76. The van der Waals surface area contributed by atoms with Crippen LogP contribution in [0.15, 0.2) is 35.5 Å². The smallest absolute Gasteiger partial charge is 0.240 e. The molecule has 0 aromatic heterocycles. The Bertz CT molecular complexity index is 562. The van der Waals surface area contributed by atoms with Crippen molar-refractivity contribution in [1.82, 2.24) is 0 Å². The van der Waals surface area contributed by atoms with Gasteiger partial charge in [-0.3, -0.25) is 4.31 Å². The second-order valence-corrected chi connectivity index (χ2v) is 7.98. The first-order chi connectivity index (χ1) is 9.20. The van der Waals surface area contributed by atoms with Crippen LogP contribution in [0.1, 0.15) is 27.2 Å². The number of hydrogen-bond acceptors (Lipinski definition) is 4. The van der Waals surface area contributed by atoms with Gasteiger partial charge < -0.3 is 10.9 Å². The van der Waals surface area contributed by atoms with Crippen LogP contribution in [0.25, 0.3) is 0 Å². The summed E-state index contributed by atoms with van der Waals surface area (Å²) in [6.07, 6.45) is 0.153. The van der Waals surface area contributed by atoms with Crippen LogP contribution in [0, 0.1) is 0 Å². The fraction of sp³-hybridized carbons (Fsp3) is 0.462. The fourth-order valence-corrected chi connectivity index (χ4v) is 2.97. The summed E-state index contributed by atoms with van der Waals surface area (Å²) in [6.45, 7) is 5.05. The van der Waals surface area contributed by atoms with Gasteiger partial charge in [-0.15, -0.1) is 0 Å². The molecule has 0 bridgehead atoms. The van der Waals surface area contributed by atoms with E-state index in [0.717, 1.165) is 0 Å². The highest BCUT2D eigenvalue weighted by Gasteiger charge is 2.35. The summed E-state index contributed by atoms with van der Waals surface area (Å²) >= 11 is 0. The Labute approximate surface area is 119 Å². The lowest BCUT2D eigenvalue weighted by atomic mass is 10.3. The molecule has 0 saturated heterocycles. The number of para-hydroxylation sites is 1. The molecule has 0 atom stereocenters. The molecule has 0 fully saturated rings. The van der Waals surface area contributed by atoms with Gasteiger partial charge in [0.25, 0.3) is 0 Å². The lowest BCUT2D eigenvalue weighted by Gasteiger charge is -2.31. The van der Waals surface area contributed by atoms with E-state index >= 15 is 0 Å². The number of rotatable bonds is 5. The monoisotopic (exact) mass is 299 g/mol. The number of nitrogens with two attached hydrogens (primary N) is 1. The number of nitrogens with zero attached hydrogens (tertiary/aromatic N) is 2. The molecule has 3 N–H and O–H groups in total. The minimum Gasteiger partial charge on any atom is -0.409 e. The largest absolute Gasteiger partial charge is 0.409 e. The zero-order valence-electron chi connectivity index (χ0n) is 11.9. The molecule has 1 aromatic carbocycles. The number of sulfonamides is 1. The van der Waals surface area contributed by atoms with Gasteiger partial charge in [0.15, 0.2) is 0 Å². The molecule has 0 spiro atoms. The van der Waals surface area contributed by atoms with Crippen LogP contribution < -0.4 is 10.0 Å². The van der Waals surface area contributed by atoms with Gasteiger partial charge >= 0.3 is 0 Å². The van der Waals surface area contributed by atoms with Gasteiger partial charge in [0, 0.05) is 13.0 Å². The average molecular weight is 299 g/mol. The van der Waals surface area contributed by atoms with E-state index in [-0.39, 0.29) is 18.8 Å². The zero-order chi connectivity index (χ0) is 15.4. The molecular formula is C13H21N3O3S. The van der Waals surface area contributed by atoms with E-state index in [1.54, 1.807) is 45.0 Å². The summed E-state index contributed by atoms with van der Waals surface area (Å²) in [5, 5.41) is 11.4. The lowest BCUT2D eigenvalue weighted by molar-refractivity contribution is 0.317. The van der Waals surface area contributed by atoms with Crippen LogP contribution in [-0.4, -0.2) is 30.8 Å². The van der Waals surface area contributed by atoms with Crippen molar-refractivity contribution in [1.29, 1.82) is 0 Å². The molecule has 0 aliphatic heterocycles. The van der Waals surface area contributed by atoms with Gasteiger partial charge in [-0.1, -0.05) is 23.4 Å². The third-order valence-corrected chi connectivity index (χ3v) is 5.33. The highest BCUT2D eigenvalue weighted by atomic mass is 32.2. The average Bonchev–Trinajstić information content (AvgIpc) is 2.38. The molecule has 112 valence electrons. The van der Waals surface area contributed by atoms with Crippen LogP contribution in [0.2, 0.25) is 0 Å². The van der Waals surface area contributed by atoms with Crippen LogP contribution >= 0.6 is 0 Å². The number of benzene rings is 1. The Morgan fingerprint density at radius 1 is 1.30 bits per heavy atom. The molecule has 0 aliphatic rings. The maximum atomic E-state index is 12.6. The van der Waals surface area contributed by atoms with E-state index < -0.39 is 14.8 Å². The maximum Gasteiger partial charge on any atom is 0.240 e. The van der Waals surface area contributed by atoms with Crippen molar-refractivity contribution in [3.05, 3.63) is 30.3 Å². The number of anilines is 1. The van der Waals surface area contributed by atoms with Crippen LogP contribution in [0.4, 0.5) is 5.69 Å². The molecule has 0 saturated carbocycles. The fourth-order valence-electron chi connectivity index (χ4n) is 1.58. The van der Waals surface area contributed by atoms with E-state index in [0.29, 0.717) is 5.69 Å². The third kappa shape index (κ3) is 3.63. The molecule has 20 heavy (non-hydrogen) atoms. The van der Waals surface area contributed by atoms with Gasteiger partial charge in [0.1, 0.15) is 5.84 Å². The van der Waals surface area contributed by atoms with Crippen LogP contribution in [0.5, 0.6) is 0 Å². The minimum absolute atomic E-state index is 0.00459. The summed E-state index contributed by atoms with van der Waals surface area (Å²) < 4.78 is 25.6. The third-order valence-electron chi connectivity index (χ3n) is 2.81. The summed E-state index contributed by atoms with van der Waals surface area (Å²) in [4.78, 5) is 0. The van der Waals surface area contributed by atoms with Crippen LogP contribution in [0.3, 0.4) is 0 Å². The zero-order valence-corrected chi connectivity index (χ0v) is 12.8. The molecule has 6 nitrogen and oxygen atoms in total. The second-order valence-electron chi connectivity index (χ2n) is 5.37. The molecule has 0 aliphatic carbocycles. The quantitative estimate of drug-likeness (QED) is 0.375. The van der Waals surface area contributed by atoms with Crippen molar-refractivity contribution in [2.45, 2.75) is 31.9 Å². The number of oxime groups is 1. The van der Waals surface area contributed by atoms with Gasteiger partial charge in [0.05, 0.1) is 10.4 Å². The predicted molar refractivity (Wildman–Crippen MR) is 80.5 cm³/mol. The summed E-state index contributed by atoms with van der Waals surface area (Å²) in [6, 6.07) is 8.79. The normalized spacial score (nSPS) is 13.2. The SMILES string of the molecule is CC(C)(C)S(=O)(=O)N(CCC(N)=NO)c1ccccc1. The van der Waals surface area contributed by atoms with E-state index in [4.69, 9.17) is 10.9 Å². The van der Waals surface area contributed by atoms with E-state index in [1.165, 1.54) is 4.31 Å². The number of amidine groups is 1. The van der Waals surface area contributed by atoms with Gasteiger partial charge in [0.2, 0.25) is 10.0 Å². The minimum atomic E-state index is -3.55. The summed E-state index contributed by atoms with van der Waals surface area (Å²) in [7, 11) is -3.55. The van der Waals surface area contributed by atoms with Gasteiger partial charge in [-0.2, -0.15) is 0 Å². The first kappa shape index (κ1) is 16.3. The van der Waals surface area contributed by atoms with Crippen molar-refractivity contribution in [3.63, 3.8) is 0 Å². The van der Waals surface area contributed by atoms with E-state index in [2.05, 4.69) is 5.16 Å². The molecule has 0 unspecified atom stereocenters. The molecule has 1 rings (SSSR count). The Morgan fingerprint density at radius 3 is 2.30 bits per heavy atom. The van der Waals surface area contributed by atoms with Gasteiger partial charge in [-0.25, -0.2) is 8.42 Å². The van der Waals surface area contributed by atoms with Crippen molar-refractivity contribution in [2.75, 3.05) is 10.8 Å². The topological polar surface area (TPSA) is 96.0 Å². The van der Waals surface area contributed by atoms with Crippen molar-refractivity contribution < 1.29 is 13.6 Å². The molecule has 0 radical (unpaired) electrons. The van der Waals surface area contributed by atoms with Crippen molar-refractivity contribution in [2.24, 2.45) is 10.9 Å². The van der Waals surface area contributed by atoms with Crippen molar-refractivity contribution >= 4 is 21.5 Å². The first-order valence-corrected chi connectivity index (χ1v) is 7.68. The molecule has 0 amide bonds. The molecule has 7 heteroatoms. The van der Waals surface area contributed by atoms with Crippen LogP contribution in [-0.2, 0) is 10.0 Å². The Morgan fingerprint density at radius 2 is 1.85 bits per heavy atom. The van der Waals surface area contributed by atoms with E-state index in [1.807, 2.05) is 6.07 Å². The van der Waals surface area contributed by atoms with Gasteiger partial charge in [-0.05, 0) is 32.9 Å². The summed E-state index contributed by atoms with van der Waals surface area (Å²) in [5.74, 6) is -0.00459. The Balaban J connectivity index is 3.16. The maximum absolute atomic E-state index is 12.6. The molecular weight excluding hydrogens is 278 g/mol. The van der Waals surface area contributed by atoms with Crippen molar-refractivity contribution in [3.8, 4) is 0 Å². The second kappa shape index (κ2) is 6.13. The highest BCUT2D eigenvalue weighted by Crippen LogP contribution is 2.26. The Hall–Kier alpha value is -1.76. The highest BCUT2D eigenvalue weighted by molar-refractivity contribution is 7.94. The number of hydrogen-bond donors (Lipinski definition) is 2. The van der Waals surface area contributed by atoms with E-state index in [9.17, 15) is 8.42 Å². The Kier molecular flexibility index (Phi) is 4.99. The lowest BCUT2D eigenvalue weighted by Crippen LogP contribution is -2.44. The molecule has 0 heterocycles. The standard InChI is InChI=1S/C13H21N3O3S/c1-13(2,3)20(18,19)16(10-9-12(14)15-17)11-7-5-4-6-8-11/h4-8,17H,9-10H2,1-3H3,(H2,14,15). The molecule has 1 aromatic rings. The summed E-state index contributed by atoms with van der Waals surface area (Å²) in [5.41, 5.74) is 5.99.